The minimum atomic E-state index is -5.00. The van der Waals surface area contributed by atoms with E-state index in [1.165, 1.54) is 6.92 Å². The zero-order valence-corrected chi connectivity index (χ0v) is 9.94. The van der Waals surface area contributed by atoms with Gasteiger partial charge >= 0.3 is 6.18 Å². The van der Waals surface area contributed by atoms with Crippen LogP contribution in [0, 0.1) is 0 Å². The average Bonchev–Trinajstić information content (AvgIpc) is 3.00. The molecule has 0 aliphatic heterocycles. The number of ketones is 1. The smallest absolute Gasteiger partial charge is 0.352 e. The molecule has 1 atom stereocenters. The van der Waals surface area contributed by atoms with Crippen LogP contribution in [0.2, 0.25) is 0 Å². The summed E-state index contributed by atoms with van der Waals surface area (Å²) in [4.78, 5) is 22.6. The SMILES string of the molecule is CC(C(=O)NC1CC1)n1cc(C(=O)C(F)(F)F)nn1. The quantitative estimate of drug-likeness (QED) is 0.827. The maximum absolute atomic E-state index is 12.2. The molecule has 104 valence electrons. The fourth-order valence-corrected chi connectivity index (χ4v) is 1.38. The molecule has 1 aromatic heterocycles. The van der Waals surface area contributed by atoms with E-state index in [0.29, 0.717) is 0 Å². The van der Waals surface area contributed by atoms with Crippen LogP contribution in [0.4, 0.5) is 13.2 Å². The zero-order chi connectivity index (χ0) is 14.2. The highest BCUT2D eigenvalue weighted by Crippen LogP contribution is 2.21. The molecule has 0 aromatic carbocycles. The molecule has 0 saturated heterocycles. The molecule has 0 radical (unpaired) electrons. The number of nitrogens with one attached hydrogen (secondary N) is 1. The molecule has 1 saturated carbocycles. The Morgan fingerprint density at radius 3 is 2.63 bits per heavy atom. The highest BCUT2D eigenvalue weighted by Gasteiger charge is 2.41. The summed E-state index contributed by atoms with van der Waals surface area (Å²) in [6, 6.07) is -0.683. The summed E-state index contributed by atoms with van der Waals surface area (Å²) in [5, 5.41) is 9.21. The highest BCUT2D eigenvalue weighted by molar-refractivity contribution is 5.98. The molecular formula is C10H11F3N4O2. The molecule has 19 heavy (non-hydrogen) atoms. The predicted octanol–water partition coefficient (Wildman–Crippen LogP) is 0.863. The maximum atomic E-state index is 12.2. The fraction of sp³-hybridized carbons (Fsp3) is 0.600. The van der Waals surface area contributed by atoms with Gasteiger partial charge in [0, 0.05) is 6.04 Å². The van der Waals surface area contributed by atoms with Crippen molar-refractivity contribution in [2.75, 3.05) is 0 Å². The van der Waals surface area contributed by atoms with Gasteiger partial charge in [-0.3, -0.25) is 9.59 Å². The van der Waals surface area contributed by atoms with Gasteiger partial charge in [0.2, 0.25) is 5.91 Å². The van der Waals surface area contributed by atoms with Crippen LogP contribution < -0.4 is 5.32 Å². The number of nitrogens with zero attached hydrogens (tertiary/aromatic N) is 3. The van der Waals surface area contributed by atoms with Gasteiger partial charge in [0.15, 0.2) is 5.69 Å². The second-order valence-electron chi connectivity index (χ2n) is 4.37. The number of hydrogen-bond acceptors (Lipinski definition) is 4. The Labute approximate surface area is 106 Å². The predicted molar refractivity (Wildman–Crippen MR) is 56.3 cm³/mol. The second kappa shape index (κ2) is 4.63. The summed E-state index contributed by atoms with van der Waals surface area (Å²) < 4.78 is 37.5. The van der Waals surface area contributed by atoms with Crippen molar-refractivity contribution in [3.8, 4) is 0 Å². The molecule has 0 spiro atoms. The van der Waals surface area contributed by atoms with Crippen molar-refractivity contribution >= 4 is 11.7 Å². The van der Waals surface area contributed by atoms with Crippen LogP contribution in [0.3, 0.4) is 0 Å². The summed E-state index contributed by atoms with van der Waals surface area (Å²) in [7, 11) is 0. The number of carbonyl (C=O) groups is 2. The largest absolute Gasteiger partial charge is 0.456 e. The van der Waals surface area contributed by atoms with Crippen LogP contribution in [-0.4, -0.2) is 38.9 Å². The first-order chi connectivity index (χ1) is 8.79. The molecule has 1 N–H and O–H groups in total. The van der Waals surface area contributed by atoms with E-state index in [-0.39, 0.29) is 11.9 Å². The molecule has 1 aliphatic rings. The van der Waals surface area contributed by atoms with Crippen molar-refractivity contribution in [3.05, 3.63) is 11.9 Å². The molecule has 1 unspecified atom stereocenters. The van der Waals surface area contributed by atoms with E-state index in [2.05, 4.69) is 15.6 Å². The summed E-state index contributed by atoms with van der Waals surface area (Å²) in [6.45, 7) is 1.47. The fourth-order valence-electron chi connectivity index (χ4n) is 1.38. The Morgan fingerprint density at radius 2 is 2.11 bits per heavy atom. The van der Waals surface area contributed by atoms with Crippen molar-refractivity contribution in [3.63, 3.8) is 0 Å². The minimum absolute atomic E-state index is 0.134. The first-order valence-corrected chi connectivity index (χ1v) is 5.63. The molecule has 1 heterocycles. The third-order valence-corrected chi connectivity index (χ3v) is 2.70. The van der Waals surface area contributed by atoms with Gasteiger partial charge in [0.25, 0.3) is 5.78 Å². The number of rotatable bonds is 4. The Kier molecular flexibility index (Phi) is 3.29. The van der Waals surface area contributed by atoms with Crippen LogP contribution >= 0.6 is 0 Å². The normalized spacial score (nSPS) is 17.1. The summed E-state index contributed by atoms with van der Waals surface area (Å²) in [5.74, 6) is -2.44. The lowest BCUT2D eigenvalue weighted by Crippen LogP contribution is -2.32. The van der Waals surface area contributed by atoms with Gasteiger partial charge in [0.1, 0.15) is 6.04 Å². The molecule has 1 aromatic rings. The highest BCUT2D eigenvalue weighted by atomic mass is 19.4. The van der Waals surface area contributed by atoms with E-state index >= 15 is 0 Å². The first-order valence-electron chi connectivity index (χ1n) is 5.63. The van der Waals surface area contributed by atoms with E-state index in [0.717, 1.165) is 23.7 Å². The number of amides is 1. The summed E-state index contributed by atoms with van der Waals surface area (Å²) in [6.07, 6.45) is -2.38. The van der Waals surface area contributed by atoms with Crippen LogP contribution in [0.5, 0.6) is 0 Å². The van der Waals surface area contributed by atoms with Crippen molar-refractivity contribution in [1.82, 2.24) is 20.3 Å². The number of halogens is 3. The lowest BCUT2D eigenvalue weighted by atomic mass is 10.3. The van der Waals surface area contributed by atoms with Crippen LogP contribution in [-0.2, 0) is 4.79 Å². The summed E-state index contributed by atoms with van der Waals surface area (Å²) in [5.41, 5.74) is -0.821. The van der Waals surface area contributed by atoms with Gasteiger partial charge < -0.3 is 5.32 Å². The topological polar surface area (TPSA) is 76.9 Å². The molecule has 6 nitrogen and oxygen atoms in total. The van der Waals surface area contributed by atoms with Crippen LogP contribution in [0.1, 0.15) is 36.3 Å². The van der Waals surface area contributed by atoms with Gasteiger partial charge in [-0.05, 0) is 19.8 Å². The monoisotopic (exact) mass is 276 g/mol. The van der Waals surface area contributed by atoms with Crippen molar-refractivity contribution < 1.29 is 22.8 Å². The lowest BCUT2D eigenvalue weighted by molar-refractivity contribution is -0.124. The Bertz CT molecular complexity index is 507. The Hall–Kier alpha value is -1.93. The first kappa shape index (κ1) is 13.5. The molecule has 0 bridgehead atoms. The third kappa shape index (κ3) is 3.09. The second-order valence-corrected chi connectivity index (χ2v) is 4.37. The molecule has 1 fully saturated rings. The number of carbonyl (C=O) groups excluding carboxylic acids is 2. The van der Waals surface area contributed by atoms with Crippen LogP contribution in [0.25, 0.3) is 0 Å². The van der Waals surface area contributed by atoms with Crippen LogP contribution in [0.15, 0.2) is 6.20 Å². The Morgan fingerprint density at radius 1 is 1.47 bits per heavy atom. The van der Waals surface area contributed by atoms with Gasteiger partial charge in [-0.1, -0.05) is 5.21 Å². The lowest BCUT2D eigenvalue weighted by Gasteiger charge is -2.10. The number of alkyl halides is 3. The molecule has 9 heteroatoms. The number of Topliss-reactive ketones (excluding diaryl/α,β-unsaturated/α-hetero) is 1. The third-order valence-electron chi connectivity index (χ3n) is 2.70. The van der Waals surface area contributed by atoms with Gasteiger partial charge in [-0.15, -0.1) is 5.10 Å². The van der Waals surface area contributed by atoms with E-state index in [1.807, 2.05) is 0 Å². The molecule has 1 amide bonds. The summed E-state index contributed by atoms with van der Waals surface area (Å²) >= 11 is 0. The Balaban J connectivity index is 2.07. The molecular weight excluding hydrogens is 265 g/mol. The van der Waals surface area contributed by atoms with Gasteiger partial charge in [-0.25, -0.2) is 4.68 Å². The van der Waals surface area contributed by atoms with Crippen molar-refractivity contribution in [2.45, 2.75) is 38.0 Å². The van der Waals surface area contributed by atoms with E-state index in [1.54, 1.807) is 0 Å². The van der Waals surface area contributed by atoms with Gasteiger partial charge in [0.05, 0.1) is 6.20 Å². The van der Waals surface area contributed by atoms with Crippen molar-refractivity contribution in [2.24, 2.45) is 0 Å². The zero-order valence-electron chi connectivity index (χ0n) is 9.94. The number of hydrogen-bond donors (Lipinski definition) is 1. The standard InChI is InChI=1S/C10H11F3N4O2/c1-5(9(19)14-6-2-3-6)17-4-7(15-16-17)8(18)10(11,12)13/h4-6H,2-3H2,1H3,(H,14,19). The van der Waals surface area contributed by atoms with E-state index in [9.17, 15) is 22.8 Å². The average molecular weight is 276 g/mol. The number of aromatic nitrogens is 3. The van der Waals surface area contributed by atoms with E-state index in [4.69, 9.17) is 0 Å². The van der Waals surface area contributed by atoms with Gasteiger partial charge in [-0.2, -0.15) is 13.2 Å². The molecule has 1 aliphatic carbocycles. The maximum Gasteiger partial charge on any atom is 0.456 e. The molecule has 2 rings (SSSR count). The van der Waals surface area contributed by atoms with Crippen molar-refractivity contribution in [1.29, 1.82) is 0 Å². The minimum Gasteiger partial charge on any atom is -0.352 e. The van der Waals surface area contributed by atoms with E-state index < -0.39 is 23.7 Å².